The SMILES string of the molecule is CCC[C@]1(C)C(CCCCNCCCCN)CCC1C(C)CCC1CCCCC1(C)C. The van der Waals surface area contributed by atoms with E-state index in [1.807, 2.05) is 0 Å². The molecule has 2 rings (SSSR count). The topological polar surface area (TPSA) is 38.0 Å². The van der Waals surface area contributed by atoms with E-state index in [2.05, 4.69) is 39.9 Å². The zero-order valence-electron chi connectivity index (χ0n) is 22.1. The van der Waals surface area contributed by atoms with Crippen LogP contribution in [0.4, 0.5) is 0 Å². The summed E-state index contributed by atoms with van der Waals surface area (Å²) in [5.74, 6) is 3.79. The van der Waals surface area contributed by atoms with E-state index >= 15 is 0 Å². The summed E-state index contributed by atoms with van der Waals surface area (Å²) < 4.78 is 0. The highest BCUT2D eigenvalue weighted by Crippen LogP contribution is 2.56. The van der Waals surface area contributed by atoms with Gasteiger partial charge >= 0.3 is 0 Å². The van der Waals surface area contributed by atoms with Crippen molar-refractivity contribution in [1.29, 1.82) is 0 Å². The lowest BCUT2D eigenvalue weighted by molar-refractivity contribution is 0.0753. The molecule has 0 aromatic heterocycles. The Morgan fingerprint density at radius 1 is 0.903 bits per heavy atom. The molecule has 0 heterocycles. The van der Waals surface area contributed by atoms with Crippen LogP contribution in [0, 0.1) is 34.5 Å². The molecule has 2 saturated carbocycles. The second-order valence-corrected chi connectivity index (χ2v) is 12.4. The summed E-state index contributed by atoms with van der Waals surface area (Å²) in [6, 6.07) is 0. The lowest BCUT2D eigenvalue weighted by atomic mass is 9.63. The van der Waals surface area contributed by atoms with Crippen molar-refractivity contribution in [2.24, 2.45) is 40.2 Å². The normalized spacial score (nSPS) is 31.7. The first kappa shape index (κ1) is 27.2. The first-order valence-corrected chi connectivity index (χ1v) is 14.3. The first-order valence-electron chi connectivity index (χ1n) is 14.3. The standard InChI is InChI=1S/C29H58N2/c1-6-19-29(5)26(14-8-11-22-31-23-12-10-21-30)17-18-27(29)24(2)15-16-25-13-7-9-20-28(25,3)4/h24-27,31H,6-23,30H2,1-5H3/t24?,25?,26?,27?,29-/m1/s1. The zero-order valence-corrected chi connectivity index (χ0v) is 22.1. The highest BCUT2D eigenvalue weighted by atomic mass is 14.8. The first-order chi connectivity index (χ1) is 14.8. The fourth-order valence-corrected chi connectivity index (χ4v) is 7.61. The molecule has 0 spiro atoms. The van der Waals surface area contributed by atoms with Crippen LogP contribution in [0.15, 0.2) is 0 Å². The van der Waals surface area contributed by atoms with E-state index in [0.29, 0.717) is 10.8 Å². The molecular weight excluding hydrogens is 376 g/mol. The van der Waals surface area contributed by atoms with Gasteiger partial charge in [-0.1, -0.05) is 66.7 Å². The van der Waals surface area contributed by atoms with Gasteiger partial charge in [0.15, 0.2) is 0 Å². The molecule has 0 aliphatic heterocycles. The van der Waals surface area contributed by atoms with Crippen molar-refractivity contribution in [3.63, 3.8) is 0 Å². The second kappa shape index (κ2) is 13.6. The maximum absolute atomic E-state index is 5.58. The quantitative estimate of drug-likeness (QED) is 0.257. The Hall–Kier alpha value is -0.0800. The minimum atomic E-state index is 0.585. The van der Waals surface area contributed by atoms with Gasteiger partial charge in [-0.2, -0.15) is 0 Å². The third-order valence-electron chi connectivity index (χ3n) is 9.74. The van der Waals surface area contributed by atoms with Crippen molar-refractivity contribution in [3.8, 4) is 0 Å². The molecule has 2 nitrogen and oxygen atoms in total. The molecule has 5 atom stereocenters. The molecule has 3 N–H and O–H groups in total. The highest BCUT2D eigenvalue weighted by molar-refractivity contribution is 4.97. The summed E-state index contributed by atoms with van der Waals surface area (Å²) in [5.41, 5.74) is 6.76. The fourth-order valence-electron chi connectivity index (χ4n) is 7.61. The van der Waals surface area contributed by atoms with Gasteiger partial charge in [0.25, 0.3) is 0 Å². The summed E-state index contributed by atoms with van der Waals surface area (Å²) in [6.07, 6.45) is 21.2. The molecule has 0 aromatic carbocycles. The molecule has 2 fully saturated rings. The van der Waals surface area contributed by atoms with E-state index in [4.69, 9.17) is 5.73 Å². The second-order valence-electron chi connectivity index (χ2n) is 12.4. The number of hydrogen-bond donors (Lipinski definition) is 2. The summed E-state index contributed by atoms with van der Waals surface area (Å²) in [4.78, 5) is 0. The summed E-state index contributed by atoms with van der Waals surface area (Å²) in [6.45, 7) is 16.0. The van der Waals surface area contributed by atoms with Crippen LogP contribution in [0.5, 0.6) is 0 Å². The number of rotatable bonds is 15. The van der Waals surface area contributed by atoms with Crippen molar-refractivity contribution in [2.45, 2.75) is 131 Å². The van der Waals surface area contributed by atoms with E-state index in [-0.39, 0.29) is 0 Å². The predicted molar refractivity (Wildman–Crippen MR) is 138 cm³/mol. The van der Waals surface area contributed by atoms with Crippen LogP contribution in [0.2, 0.25) is 0 Å². The van der Waals surface area contributed by atoms with Gasteiger partial charge in [-0.15, -0.1) is 0 Å². The lowest BCUT2D eigenvalue weighted by Gasteiger charge is -2.42. The highest BCUT2D eigenvalue weighted by Gasteiger charge is 2.47. The van der Waals surface area contributed by atoms with Crippen LogP contribution in [-0.4, -0.2) is 19.6 Å². The third kappa shape index (κ3) is 8.02. The van der Waals surface area contributed by atoms with Crippen LogP contribution in [0.25, 0.3) is 0 Å². The van der Waals surface area contributed by atoms with Crippen LogP contribution in [-0.2, 0) is 0 Å². The van der Waals surface area contributed by atoms with Gasteiger partial charge in [-0.05, 0) is 118 Å². The van der Waals surface area contributed by atoms with Gasteiger partial charge in [0, 0.05) is 0 Å². The average Bonchev–Trinajstić information content (AvgIpc) is 3.05. The molecule has 0 saturated heterocycles. The molecule has 2 aliphatic rings. The Kier molecular flexibility index (Phi) is 11.9. The van der Waals surface area contributed by atoms with E-state index in [0.717, 1.165) is 43.2 Å². The maximum Gasteiger partial charge on any atom is -0.00484 e. The summed E-state index contributed by atoms with van der Waals surface area (Å²) in [5, 5.41) is 3.62. The number of hydrogen-bond acceptors (Lipinski definition) is 2. The van der Waals surface area contributed by atoms with Crippen LogP contribution in [0.1, 0.15) is 131 Å². The summed E-state index contributed by atoms with van der Waals surface area (Å²) in [7, 11) is 0. The molecule has 2 heteroatoms. The third-order valence-corrected chi connectivity index (χ3v) is 9.74. The molecule has 184 valence electrons. The van der Waals surface area contributed by atoms with E-state index in [1.165, 1.54) is 96.4 Å². The van der Waals surface area contributed by atoms with Crippen molar-refractivity contribution >= 4 is 0 Å². The average molecular weight is 435 g/mol. The zero-order chi connectivity index (χ0) is 22.7. The van der Waals surface area contributed by atoms with E-state index in [9.17, 15) is 0 Å². The van der Waals surface area contributed by atoms with Gasteiger partial charge in [0.1, 0.15) is 0 Å². The van der Waals surface area contributed by atoms with Gasteiger partial charge in [0.05, 0.1) is 0 Å². The molecule has 0 bridgehead atoms. The molecule has 0 aromatic rings. The Balaban J connectivity index is 1.79. The molecule has 31 heavy (non-hydrogen) atoms. The van der Waals surface area contributed by atoms with E-state index < -0.39 is 0 Å². The predicted octanol–water partition coefficient (Wildman–Crippen LogP) is 7.95. The van der Waals surface area contributed by atoms with Crippen molar-refractivity contribution < 1.29 is 0 Å². The molecule has 4 unspecified atom stereocenters. The van der Waals surface area contributed by atoms with Crippen LogP contribution in [0.3, 0.4) is 0 Å². The van der Waals surface area contributed by atoms with Crippen molar-refractivity contribution in [1.82, 2.24) is 5.32 Å². The van der Waals surface area contributed by atoms with Gasteiger partial charge in [-0.3, -0.25) is 0 Å². The fraction of sp³-hybridized carbons (Fsp3) is 1.00. The number of nitrogens with one attached hydrogen (secondary N) is 1. The monoisotopic (exact) mass is 434 g/mol. The van der Waals surface area contributed by atoms with Gasteiger partial charge in [0.2, 0.25) is 0 Å². The minimum absolute atomic E-state index is 0.585. The molecular formula is C29H58N2. The van der Waals surface area contributed by atoms with Gasteiger partial charge in [-0.25, -0.2) is 0 Å². The lowest BCUT2D eigenvalue weighted by Crippen LogP contribution is -2.33. The molecule has 0 radical (unpaired) electrons. The van der Waals surface area contributed by atoms with Gasteiger partial charge < -0.3 is 11.1 Å². The minimum Gasteiger partial charge on any atom is -0.330 e. The Morgan fingerprint density at radius 3 is 2.32 bits per heavy atom. The van der Waals surface area contributed by atoms with Crippen LogP contribution >= 0.6 is 0 Å². The molecule has 2 aliphatic carbocycles. The Morgan fingerprint density at radius 2 is 1.65 bits per heavy atom. The summed E-state index contributed by atoms with van der Waals surface area (Å²) >= 11 is 0. The van der Waals surface area contributed by atoms with E-state index in [1.54, 1.807) is 0 Å². The smallest absolute Gasteiger partial charge is 0.00484 e. The number of nitrogens with two attached hydrogens (primary N) is 1. The van der Waals surface area contributed by atoms with Crippen LogP contribution < -0.4 is 11.1 Å². The Labute approximate surface area is 196 Å². The Bertz CT molecular complexity index is 473. The maximum atomic E-state index is 5.58. The van der Waals surface area contributed by atoms with Crippen molar-refractivity contribution in [3.05, 3.63) is 0 Å². The molecule has 0 amide bonds. The van der Waals surface area contributed by atoms with Crippen molar-refractivity contribution in [2.75, 3.05) is 19.6 Å². The largest absolute Gasteiger partial charge is 0.330 e. The number of unbranched alkanes of at least 4 members (excludes halogenated alkanes) is 2.